The number of hydrogen-bond acceptors (Lipinski definition) is 5. The predicted octanol–water partition coefficient (Wildman–Crippen LogP) is 2.47. The summed E-state index contributed by atoms with van der Waals surface area (Å²) in [6.45, 7) is 2.37. The second-order valence-electron chi connectivity index (χ2n) is 3.85. The van der Waals surface area contributed by atoms with Gasteiger partial charge in [0.2, 0.25) is 0 Å². The van der Waals surface area contributed by atoms with E-state index in [2.05, 4.69) is 20.6 Å². The Hall–Kier alpha value is -1.66. The molecule has 2 aromatic rings. The average molecular weight is 297 g/mol. The van der Waals surface area contributed by atoms with Gasteiger partial charge in [0.25, 0.3) is 5.91 Å². The molecule has 2 aromatic heterocycles. The van der Waals surface area contributed by atoms with E-state index in [4.69, 9.17) is 11.6 Å². The fourth-order valence-corrected chi connectivity index (χ4v) is 2.40. The second-order valence-corrected chi connectivity index (χ2v) is 5.57. The molecule has 2 heterocycles. The molecule has 0 aliphatic rings. The highest BCUT2D eigenvalue weighted by Crippen LogP contribution is 2.18. The minimum atomic E-state index is -0.239. The van der Waals surface area contributed by atoms with Gasteiger partial charge < -0.3 is 10.6 Å². The Balaban J connectivity index is 2.07. The van der Waals surface area contributed by atoms with Gasteiger partial charge >= 0.3 is 0 Å². The van der Waals surface area contributed by atoms with Crippen molar-refractivity contribution in [1.29, 1.82) is 0 Å². The maximum absolute atomic E-state index is 12.0. The van der Waals surface area contributed by atoms with E-state index in [0.717, 1.165) is 9.88 Å². The molecule has 19 heavy (non-hydrogen) atoms. The average Bonchev–Trinajstić information content (AvgIpc) is 2.82. The fraction of sp³-hybridized carbons (Fsp3) is 0.250. The molecule has 2 N–H and O–H groups in total. The quantitative estimate of drug-likeness (QED) is 0.909. The number of nitrogens with zero attached hydrogens (tertiary/aromatic N) is 2. The van der Waals surface area contributed by atoms with Gasteiger partial charge in [-0.1, -0.05) is 11.6 Å². The van der Waals surface area contributed by atoms with Gasteiger partial charge in [-0.2, -0.15) is 0 Å². The molecule has 0 fully saturated rings. The number of carbonyl (C=O) groups is 1. The highest BCUT2D eigenvalue weighted by Gasteiger charge is 2.12. The molecule has 0 saturated carbocycles. The number of anilines is 1. The second kappa shape index (κ2) is 5.99. The summed E-state index contributed by atoms with van der Waals surface area (Å²) >= 11 is 7.52. The number of halogens is 1. The van der Waals surface area contributed by atoms with E-state index < -0.39 is 0 Å². The molecule has 0 aromatic carbocycles. The molecule has 0 aliphatic carbocycles. The first-order valence-electron chi connectivity index (χ1n) is 5.63. The highest BCUT2D eigenvalue weighted by atomic mass is 35.5. The first-order chi connectivity index (χ1) is 9.10. The van der Waals surface area contributed by atoms with Crippen molar-refractivity contribution in [3.63, 3.8) is 0 Å². The Morgan fingerprint density at radius 3 is 2.84 bits per heavy atom. The SMILES string of the molecule is CNc1cc(C(=O)NCc2ncc(C)s2)c(Cl)cn1. The maximum Gasteiger partial charge on any atom is 0.253 e. The van der Waals surface area contributed by atoms with Gasteiger partial charge in [-0.3, -0.25) is 4.79 Å². The summed E-state index contributed by atoms with van der Waals surface area (Å²) in [7, 11) is 1.73. The van der Waals surface area contributed by atoms with E-state index in [9.17, 15) is 4.79 Å². The number of nitrogens with one attached hydrogen (secondary N) is 2. The lowest BCUT2D eigenvalue weighted by atomic mass is 10.2. The molecule has 0 bridgehead atoms. The molecule has 0 atom stereocenters. The summed E-state index contributed by atoms with van der Waals surface area (Å²) in [5.74, 6) is 0.358. The topological polar surface area (TPSA) is 66.9 Å². The minimum Gasteiger partial charge on any atom is -0.373 e. The minimum absolute atomic E-state index is 0.239. The first kappa shape index (κ1) is 13.8. The van der Waals surface area contributed by atoms with Crippen molar-refractivity contribution in [1.82, 2.24) is 15.3 Å². The monoisotopic (exact) mass is 296 g/mol. The van der Waals surface area contributed by atoms with Gasteiger partial charge in [0.15, 0.2) is 0 Å². The molecule has 0 aliphatic heterocycles. The molecule has 0 radical (unpaired) electrons. The summed E-state index contributed by atoms with van der Waals surface area (Å²) in [5, 5.41) is 6.85. The third-order valence-electron chi connectivity index (χ3n) is 2.43. The van der Waals surface area contributed by atoms with Gasteiger partial charge in [0.1, 0.15) is 10.8 Å². The Kier molecular flexibility index (Phi) is 4.34. The van der Waals surface area contributed by atoms with E-state index in [-0.39, 0.29) is 5.91 Å². The fourth-order valence-electron chi connectivity index (χ4n) is 1.48. The van der Waals surface area contributed by atoms with Crippen LogP contribution in [0.4, 0.5) is 5.82 Å². The van der Waals surface area contributed by atoms with Crippen LogP contribution in [0.5, 0.6) is 0 Å². The van der Waals surface area contributed by atoms with Gasteiger partial charge in [0.05, 0.1) is 17.1 Å². The van der Waals surface area contributed by atoms with Crippen LogP contribution in [-0.2, 0) is 6.54 Å². The zero-order valence-corrected chi connectivity index (χ0v) is 12.1. The Labute approximate surface area is 120 Å². The lowest BCUT2D eigenvalue weighted by Crippen LogP contribution is -2.23. The van der Waals surface area contributed by atoms with Crippen LogP contribution >= 0.6 is 22.9 Å². The molecule has 0 spiro atoms. The Morgan fingerprint density at radius 1 is 1.42 bits per heavy atom. The van der Waals surface area contributed by atoms with Crippen LogP contribution in [0, 0.1) is 6.92 Å². The standard InChI is InChI=1S/C12H13ClN4OS/c1-7-4-16-11(19-7)6-17-12(18)8-3-10(14-2)15-5-9(8)13/h3-5H,6H2,1-2H3,(H,14,15)(H,17,18). The van der Waals surface area contributed by atoms with Crippen LogP contribution in [0.1, 0.15) is 20.2 Å². The molecule has 100 valence electrons. The first-order valence-corrected chi connectivity index (χ1v) is 6.82. The van der Waals surface area contributed by atoms with Crippen LogP contribution in [0.25, 0.3) is 0 Å². The van der Waals surface area contributed by atoms with Gasteiger partial charge in [-0.15, -0.1) is 11.3 Å². The summed E-state index contributed by atoms with van der Waals surface area (Å²) < 4.78 is 0. The number of pyridine rings is 1. The molecular weight excluding hydrogens is 284 g/mol. The third kappa shape index (κ3) is 3.42. The summed E-state index contributed by atoms with van der Waals surface area (Å²) in [6, 6.07) is 1.62. The van der Waals surface area contributed by atoms with Crippen molar-refractivity contribution < 1.29 is 4.79 Å². The largest absolute Gasteiger partial charge is 0.373 e. The van der Waals surface area contributed by atoms with Crippen molar-refractivity contribution in [2.75, 3.05) is 12.4 Å². The number of thiazole rings is 1. The van der Waals surface area contributed by atoms with Crippen LogP contribution in [0.2, 0.25) is 5.02 Å². The van der Waals surface area contributed by atoms with E-state index in [1.165, 1.54) is 6.20 Å². The van der Waals surface area contributed by atoms with Crippen LogP contribution in [0.15, 0.2) is 18.5 Å². The zero-order valence-electron chi connectivity index (χ0n) is 10.5. The third-order valence-corrected chi connectivity index (χ3v) is 3.64. The van der Waals surface area contributed by atoms with Gasteiger partial charge in [-0.25, -0.2) is 9.97 Å². The number of amides is 1. The normalized spacial score (nSPS) is 10.3. The molecule has 2 rings (SSSR count). The smallest absolute Gasteiger partial charge is 0.253 e. The summed E-state index contributed by atoms with van der Waals surface area (Å²) in [4.78, 5) is 21.4. The highest BCUT2D eigenvalue weighted by molar-refractivity contribution is 7.11. The molecular formula is C12H13ClN4OS. The number of aromatic nitrogens is 2. The lowest BCUT2D eigenvalue weighted by molar-refractivity contribution is 0.0951. The summed E-state index contributed by atoms with van der Waals surface area (Å²) in [6.07, 6.45) is 3.24. The number of carbonyl (C=O) groups excluding carboxylic acids is 1. The van der Waals surface area contributed by atoms with Crippen LogP contribution < -0.4 is 10.6 Å². The zero-order chi connectivity index (χ0) is 13.8. The van der Waals surface area contributed by atoms with Crippen molar-refractivity contribution in [2.24, 2.45) is 0 Å². The van der Waals surface area contributed by atoms with E-state index in [0.29, 0.717) is 22.9 Å². The number of hydrogen-bond donors (Lipinski definition) is 2. The van der Waals surface area contributed by atoms with Crippen LogP contribution in [0.3, 0.4) is 0 Å². The molecule has 0 unspecified atom stereocenters. The molecule has 7 heteroatoms. The maximum atomic E-state index is 12.0. The van der Waals surface area contributed by atoms with E-state index in [1.54, 1.807) is 30.6 Å². The Morgan fingerprint density at radius 2 is 2.21 bits per heavy atom. The predicted molar refractivity (Wildman–Crippen MR) is 76.8 cm³/mol. The summed E-state index contributed by atoms with van der Waals surface area (Å²) in [5.41, 5.74) is 0.397. The number of rotatable bonds is 4. The van der Waals surface area contributed by atoms with Crippen molar-refractivity contribution >= 4 is 34.7 Å². The van der Waals surface area contributed by atoms with Crippen molar-refractivity contribution in [2.45, 2.75) is 13.5 Å². The van der Waals surface area contributed by atoms with Gasteiger partial charge in [0, 0.05) is 24.3 Å². The van der Waals surface area contributed by atoms with Crippen LogP contribution in [-0.4, -0.2) is 22.9 Å². The Bertz CT molecular complexity index is 599. The van der Waals surface area contributed by atoms with Gasteiger partial charge in [-0.05, 0) is 13.0 Å². The van der Waals surface area contributed by atoms with Crippen molar-refractivity contribution in [3.05, 3.63) is 38.9 Å². The molecule has 5 nitrogen and oxygen atoms in total. The number of aryl methyl sites for hydroxylation is 1. The molecule has 1 amide bonds. The lowest BCUT2D eigenvalue weighted by Gasteiger charge is -2.07. The van der Waals surface area contributed by atoms with E-state index >= 15 is 0 Å². The molecule has 0 saturated heterocycles. The van der Waals surface area contributed by atoms with Crippen molar-refractivity contribution in [3.8, 4) is 0 Å². The van der Waals surface area contributed by atoms with E-state index in [1.807, 2.05) is 6.92 Å².